The number of nitrogens with one attached hydrogen (secondary N) is 2. The zero-order valence-corrected chi connectivity index (χ0v) is 23.8. The number of amides is 1. The number of H-pyrrole nitrogens is 1. The summed E-state index contributed by atoms with van der Waals surface area (Å²) in [5, 5.41) is 7.19. The van der Waals surface area contributed by atoms with Gasteiger partial charge >= 0.3 is 6.09 Å². The van der Waals surface area contributed by atoms with Gasteiger partial charge in [0.2, 0.25) is 10.0 Å². The number of carbonyl (C=O) groups excluding carboxylic acids is 1. The van der Waals surface area contributed by atoms with Crippen LogP contribution in [0, 0.1) is 5.92 Å². The van der Waals surface area contributed by atoms with E-state index in [1.165, 1.54) is 4.90 Å². The molecular weight excluding hydrogens is 492 g/mol. The van der Waals surface area contributed by atoms with Gasteiger partial charge in [-0.2, -0.15) is 5.10 Å². The molecule has 37 heavy (non-hydrogen) atoms. The Morgan fingerprint density at radius 1 is 1.11 bits per heavy atom. The standard InChI is InChI=1S/C26H44N6O4S/c1-6-31(7-2)17-12-18-37(34,35)30-23(16-15-22-13-10-9-11-14-22)25-27-24(28-29-25)19-32(8-3)26(33)36-20-21(4)5/h9-11,13-14,21,23,30H,6-8,12,15-20H2,1-5H3,(H,27,28,29)/t23-/m1/s1. The number of hydrogen-bond donors (Lipinski definition) is 2. The van der Waals surface area contributed by atoms with Gasteiger partial charge in [0.15, 0.2) is 5.82 Å². The number of benzene rings is 1. The quantitative estimate of drug-likeness (QED) is 0.316. The van der Waals surface area contributed by atoms with Crippen LogP contribution in [0.25, 0.3) is 0 Å². The predicted molar refractivity (Wildman–Crippen MR) is 145 cm³/mol. The smallest absolute Gasteiger partial charge is 0.410 e. The second-order valence-corrected chi connectivity index (χ2v) is 11.4. The van der Waals surface area contributed by atoms with Gasteiger partial charge in [-0.15, -0.1) is 0 Å². The molecule has 0 saturated heterocycles. The number of sulfonamides is 1. The van der Waals surface area contributed by atoms with E-state index in [-0.39, 0.29) is 18.2 Å². The van der Waals surface area contributed by atoms with Gasteiger partial charge in [0.25, 0.3) is 0 Å². The van der Waals surface area contributed by atoms with E-state index in [1.54, 1.807) is 0 Å². The molecule has 0 spiro atoms. The SMILES string of the molecule is CCN(CC)CCCS(=O)(=O)N[C@H](CCc1ccccc1)c1n[nH]c(CN(CC)C(=O)OCC(C)C)n1. The van der Waals surface area contributed by atoms with Crippen molar-refractivity contribution in [1.29, 1.82) is 0 Å². The first-order valence-electron chi connectivity index (χ1n) is 13.3. The van der Waals surface area contributed by atoms with E-state index in [0.717, 1.165) is 25.2 Å². The van der Waals surface area contributed by atoms with Gasteiger partial charge in [0, 0.05) is 6.54 Å². The number of aromatic nitrogens is 3. The topological polar surface area (TPSA) is 121 Å². The minimum absolute atomic E-state index is 0.0356. The number of aromatic amines is 1. The van der Waals surface area contributed by atoms with E-state index < -0.39 is 22.2 Å². The predicted octanol–water partition coefficient (Wildman–Crippen LogP) is 3.74. The molecule has 1 amide bonds. The zero-order chi connectivity index (χ0) is 27.3. The van der Waals surface area contributed by atoms with Crippen LogP contribution in [-0.2, 0) is 27.7 Å². The molecule has 208 valence electrons. The highest BCUT2D eigenvalue weighted by Crippen LogP contribution is 2.18. The van der Waals surface area contributed by atoms with Crippen molar-refractivity contribution in [2.45, 2.75) is 66.5 Å². The maximum atomic E-state index is 13.0. The lowest BCUT2D eigenvalue weighted by molar-refractivity contribution is 0.0907. The lowest BCUT2D eigenvalue weighted by Gasteiger charge is -2.20. The molecule has 2 aromatic rings. The van der Waals surface area contributed by atoms with Crippen LogP contribution < -0.4 is 4.72 Å². The monoisotopic (exact) mass is 536 g/mol. The van der Waals surface area contributed by atoms with Crippen LogP contribution in [0.4, 0.5) is 4.79 Å². The molecule has 1 heterocycles. The molecule has 0 aliphatic heterocycles. The summed E-state index contributed by atoms with van der Waals surface area (Å²) in [6, 6.07) is 9.31. The van der Waals surface area contributed by atoms with Crippen LogP contribution in [0.5, 0.6) is 0 Å². The Hall–Kier alpha value is -2.50. The molecule has 1 aromatic heterocycles. The fourth-order valence-electron chi connectivity index (χ4n) is 3.84. The average molecular weight is 537 g/mol. The molecule has 0 radical (unpaired) electrons. The molecule has 0 unspecified atom stereocenters. The molecule has 0 bridgehead atoms. The fraction of sp³-hybridized carbons (Fsp3) is 0.654. The van der Waals surface area contributed by atoms with Crippen molar-refractivity contribution in [1.82, 2.24) is 29.7 Å². The van der Waals surface area contributed by atoms with Crippen LogP contribution in [0.3, 0.4) is 0 Å². The van der Waals surface area contributed by atoms with Crippen LogP contribution in [0.1, 0.15) is 70.7 Å². The van der Waals surface area contributed by atoms with E-state index in [9.17, 15) is 13.2 Å². The summed E-state index contributed by atoms with van der Waals surface area (Å²) < 4.78 is 34.1. The maximum Gasteiger partial charge on any atom is 0.410 e. The van der Waals surface area contributed by atoms with Crippen molar-refractivity contribution >= 4 is 16.1 Å². The molecule has 1 atom stereocenters. The molecule has 10 nitrogen and oxygen atoms in total. The van der Waals surface area contributed by atoms with Crippen molar-refractivity contribution in [3.05, 3.63) is 47.5 Å². The number of rotatable bonds is 17. The largest absolute Gasteiger partial charge is 0.449 e. The third-order valence-electron chi connectivity index (χ3n) is 6.05. The molecule has 2 N–H and O–H groups in total. The Morgan fingerprint density at radius 3 is 2.43 bits per heavy atom. The molecule has 1 aromatic carbocycles. The normalized spacial score (nSPS) is 12.7. The van der Waals surface area contributed by atoms with E-state index in [4.69, 9.17) is 4.74 Å². The summed E-state index contributed by atoms with van der Waals surface area (Å²) >= 11 is 0. The highest BCUT2D eigenvalue weighted by atomic mass is 32.2. The van der Waals surface area contributed by atoms with Crippen molar-refractivity contribution < 1.29 is 17.9 Å². The minimum Gasteiger partial charge on any atom is -0.449 e. The summed E-state index contributed by atoms with van der Waals surface area (Å²) in [5.74, 6) is 1.12. The Balaban J connectivity index is 2.12. The summed E-state index contributed by atoms with van der Waals surface area (Å²) in [6.07, 6.45) is 1.31. The van der Waals surface area contributed by atoms with Crippen molar-refractivity contribution in [3.63, 3.8) is 0 Å². The summed E-state index contributed by atoms with van der Waals surface area (Å²) in [4.78, 5) is 20.7. The second kappa shape index (κ2) is 15.7. The highest BCUT2D eigenvalue weighted by molar-refractivity contribution is 7.89. The van der Waals surface area contributed by atoms with E-state index in [2.05, 4.69) is 38.7 Å². The molecule has 0 aliphatic carbocycles. The van der Waals surface area contributed by atoms with Gasteiger partial charge in [-0.3, -0.25) is 5.10 Å². The number of hydrogen-bond acceptors (Lipinski definition) is 7. The Bertz CT molecular complexity index is 1020. The lowest BCUT2D eigenvalue weighted by Crippen LogP contribution is -2.34. The summed E-state index contributed by atoms with van der Waals surface area (Å²) in [6.45, 7) is 13.5. The van der Waals surface area contributed by atoms with Crippen molar-refractivity contribution in [2.24, 2.45) is 5.92 Å². The van der Waals surface area contributed by atoms with Gasteiger partial charge < -0.3 is 14.5 Å². The number of ether oxygens (including phenoxy) is 1. The number of nitrogens with zero attached hydrogens (tertiary/aromatic N) is 4. The minimum atomic E-state index is -3.55. The average Bonchev–Trinajstić information content (AvgIpc) is 3.35. The van der Waals surface area contributed by atoms with Gasteiger partial charge in [-0.1, -0.05) is 58.0 Å². The van der Waals surface area contributed by atoms with Gasteiger partial charge in [0.05, 0.1) is 24.9 Å². The van der Waals surface area contributed by atoms with Gasteiger partial charge in [-0.05, 0) is 57.3 Å². The summed E-state index contributed by atoms with van der Waals surface area (Å²) in [7, 11) is -3.55. The molecule has 11 heteroatoms. The van der Waals surface area contributed by atoms with E-state index in [1.807, 2.05) is 51.1 Å². The Morgan fingerprint density at radius 2 is 1.81 bits per heavy atom. The fourth-order valence-corrected chi connectivity index (χ4v) is 5.13. The first kappa shape index (κ1) is 30.7. The van der Waals surface area contributed by atoms with Crippen molar-refractivity contribution in [3.8, 4) is 0 Å². The highest BCUT2D eigenvalue weighted by Gasteiger charge is 2.24. The Kier molecular flexibility index (Phi) is 13.0. The van der Waals surface area contributed by atoms with E-state index >= 15 is 0 Å². The van der Waals surface area contributed by atoms with Crippen LogP contribution in [-0.4, -0.2) is 78.0 Å². The zero-order valence-electron chi connectivity index (χ0n) is 22.9. The van der Waals surface area contributed by atoms with E-state index in [0.29, 0.717) is 44.1 Å². The molecule has 0 saturated carbocycles. The Labute approximate surface area is 222 Å². The maximum absolute atomic E-state index is 13.0. The van der Waals surface area contributed by atoms with Gasteiger partial charge in [-0.25, -0.2) is 22.9 Å². The van der Waals surface area contributed by atoms with Gasteiger partial charge in [0.1, 0.15) is 5.82 Å². The third-order valence-corrected chi connectivity index (χ3v) is 7.52. The number of carbonyl (C=O) groups is 1. The summed E-state index contributed by atoms with van der Waals surface area (Å²) in [5.41, 5.74) is 1.11. The first-order valence-corrected chi connectivity index (χ1v) is 14.9. The third kappa shape index (κ3) is 11.2. The van der Waals surface area contributed by atoms with Crippen LogP contribution in [0.2, 0.25) is 0 Å². The van der Waals surface area contributed by atoms with Crippen LogP contribution >= 0.6 is 0 Å². The van der Waals surface area contributed by atoms with Crippen molar-refractivity contribution in [2.75, 3.05) is 38.5 Å². The molecule has 0 fully saturated rings. The second-order valence-electron chi connectivity index (χ2n) is 9.52. The van der Waals surface area contributed by atoms with Crippen LogP contribution in [0.15, 0.2) is 30.3 Å². The lowest BCUT2D eigenvalue weighted by atomic mass is 10.1. The first-order chi connectivity index (χ1) is 17.7. The molecule has 2 rings (SSSR count). The number of aryl methyl sites for hydroxylation is 1. The molecule has 0 aliphatic rings. The molecular formula is C26H44N6O4S.